The highest BCUT2D eigenvalue weighted by Gasteiger charge is 2.14. The first-order chi connectivity index (χ1) is 8.58. The van der Waals surface area contributed by atoms with Crippen molar-refractivity contribution in [1.82, 2.24) is 0 Å². The highest BCUT2D eigenvalue weighted by atomic mass is 79.9. The summed E-state index contributed by atoms with van der Waals surface area (Å²) in [5, 5.41) is 9.23. The van der Waals surface area contributed by atoms with Gasteiger partial charge in [-0.25, -0.2) is 4.79 Å². The maximum Gasteiger partial charge on any atom is 0.338 e. The first-order valence-corrected chi connectivity index (χ1v) is 7.43. The van der Waals surface area contributed by atoms with Gasteiger partial charge in [0.2, 0.25) is 0 Å². The normalized spacial score (nSPS) is 10.3. The Bertz CT molecular complexity index is 599. The number of carbonyl (C=O) groups is 1. The Morgan fingerprint density at radius 3 is 2.50 bits per heavy atom. The van der Waals surface area contributed by atoms with Crippen molar-refractivity contribution in [2.45, 2.75) is 9.79 Å². The van der Waals surface area contributed by atoms with E-state index in [1.54, 1.807) is 12.1 Å². The Morgan fingerprint density at radius 1 is 1.11 bits per heavy atom. The second-order valence-corrected chi connectivity index (χ2v) is 6.36. The molecule has 0 fully saturated rings. The molecule has 0 heterocycles. The highest BCUT2D eigenvalue weighted by molar-refractivity contribution is 9.10. The molecule has 0 aliphatic rings. The zero-order valence-electron chi connectivity index (χ0n) is 9.06. The van der Waals surface area contributed by atoms with Crippen molar-refractivity contribution in [2.24, 2.45) is 0 Å². The summed E-state index contributed by atoms with van der Waals surface area (Å²) in [5.41, 5.74) is 0.294. The average molecular weight is 388 g/mol. The molecule has 2 aromatic carbocycles. The van der Waals surface area contributed by atoms with Crippen LogP contribution >= 0.6 is 43.6 Å². The maximum absolute atomic E-state index is 11.2. The molecule has 0 unspecified atom stereocenters. The van der Waals surface area contributed by atoms with Gasteiger partial charge in [0.1, 0.15) is 0 Å². The molecule has 0 radical (unpaired) electrons. The third-order valence-corrected chi connectivity index (χ3v) is 4.42. The van der Waals surface area contributed by atoms with E-state index >= 15 is 0 Å². The van der Waals surface area contributed by atoms with E-state index in [0.717, 1.165) is 14.3 Å². The molecule has 0 amide bonds. The van der Waals surface area contributed by atoms with Gasteiger partial charge < -0.3 is 5.11 Å². The molecule has 5 heteroatoms. The van der Waals surface area contributed by atoms with Gasteiger partial charge in [-0.1, -0.05) is 39.8 Å². The van der Waals surface area contributed by atoms with Crippen molar-refractivity contribution >= 4 is 49.6 Å². The van der Waals surface area contributed by atoms with Gasteiger partial charge >= 0.3 is 5.97 Å². The summed E-state index contributed by atoms with van der Waals surface area (Å²) >= 11 is 8.10. The number of carboxylic acid groups (broad SMARTS) is 1. The molecule has 92 valence electrons. The number of carboxylic acids is 1. The van der Waals surface area contributed by atoms with Gasteiger partial charge in [-0.3, -0.25) is 0 Å². The van der Waals surface area contributed by atoms with Crippen LogP contribution in [0.5, 0.6) is 0 Å². The molecule has 2 aromatic rings. The van der Waals surface area contributed by atoms with E-state index in [4.69, 9.17) is 0 Å². The van der Waals surface area contributed by atoms with E-state index in [0.29, 0.717) is 10.0 Å². The van der Waals surface area contributed by atoms with Crippen LogP contribution in [0.2, 0.25) is 0 Å². The molecule has 0 bridgehead atoms. The van der Waals surface area contributed by atoms with Crippen LogP contribution in [0.4, 0.5) is 0 Å². The summed E-state index contributed by atoms with van der Waals surface area (Å²) in [6.45, 7) is 0. The van der Waals surface area contributed by atoms with Gasteiger partial charge in [-0.15, -0.1) is 0 Å². The van der Waals surface area contributed by atoms with Gasteiger partial charge in [0.15, 0.2) is 0 Å². The number of rotatable bonds is 3. The van der Waals surface area contributed by atoms with Crippen molar-refractivity contribution < 1.29 is 9.90 Å². The topological polar surface area (TPSA) is 37.3 Å². The smallest absolute Gasteiger partial charge is 0.338 e. The van der Waals surface area contributed by atoms with Crippen LogP contribution in [0.15, 0.2) is 61.2 Å². The number of hydrogen-bond acceptors (Lipinski definition) is 2. The van der Waals surface area contributed by atoms with Crippen molar-refractivity contribution in [1.29, 1.82) is 0 Å². The van der Waals surface area contributed by atoms with Crippen LogP contribution in [0.1, 0.15) is 10.4 Å². The first-order valence-electron chi connectivity index (χ1n) is 5.03. The lowest BCUT2D eigenvalue weighted by Gasteiger charge is -2.07. The van der Waals surface area contributed by atoms with E-state index in [1.807, 2.05) is 30.3 Å². The van der Waals surface area contributed by atoms with Crippen LogP contribution in [0.25, 0.3) is 0 Å². The molecule has 0 aliphatic heterocycles. The quantitative estimate of drug-likeness (QED) is 0.799. The summed E-state index contributed by atoms with van der Waals surface area (Å²) in [6.07, 6.45) is 0. The molecule has 0 saturated heterocycles. The lowest BCUT2D eigenvalue weighted by atomic mass is 10.2. The largest absolute Gasteiger partial charge is 0.478 e. The average Bonchev–Trinajstić information content (AvgIpc) is 2.28. The lowest BCUT2D eigenvalue weighted by Crippen LogP contribution is -1.99. The Morgan fingerprint density at radius 2 is 1.83 bits per heavy atom. The molecular weight excluding hydrogens is 380 g/mol. The Kier molecular flexibility index (Phi) is 4.48. The van der Waals surface area contributed by atoms with Gasteiger partial charge in [0.25, 0.3) is 0 Å². The minimum atomic E-state index is -0.931. The van der Waals surface area contributed by atoms with Gasteiger partial charge in [-0.2, -0.15) is 0 Å². The molecule has 2 nitrogen and oxygen atoms in total. The minimum absolute atomic E-state index is 0.294. The third-order valence-electron chi connectivity index (χ3n) is 2.21. The molecule has 0 atom stereocenters. The first kappa shape index (κ1) is 13.6. The van der Waals surface area contributed by atoms with E-state index in [1.165, 1.54) is 11.8 Å². The summed E-state index contributed by atoms with van der Waals surface area (Å²) in [6, 6.07) is 13.1. The molecule has 0 saturated carbocycles. The molecule has 18 heavy (non-hydrogen) atoms. The number of hydrogen-bond donors (Lipinski definition) is 1. The zero-order chi connectivity index (χ0) is 13.1. The van der Waals surface area contributed by atoms with Crippen molar-refractivity contribution in [3.05, 3.63) is 57.0 Å². The van der Waals surface area contributed by atoms with E-state index in [-0.39, 0.29) is 0 Å². The van der Waals surface area contributed by atoms with Gasteiger partial charge in [0.05, 0.1) is 5.56 Å². The number of benzene rings is 2. The SMILES string of the molecule is O=C(O)c1c(Br)cccc1Sc1cccc(Br)c1. The summed E-state index contributed by atoms with van der Waals surface area (Å²) in [5.74, 6) is -0.931. The number of halogens is 2. The molecule has 2 rings (SSSR count). The van der Waals surface area contributed by atoms with E-state index in [9.17, 15) is 9.90 Å². The van der Waals surface area contributed by atoms with Crippen LogP contribution < -0.4 is 0 Å². The van der Waals surface area contributed by atoms with E-state index < -0.39 is 5.97 Å². The lowest BCUT2D eigenvalue weighted by molar-refractivity contribution is 0.0692. The van der Waals surface area contributed by atoms with Crippen molar-refractivity contribution in [2.75, 3.05) is 0 Å². The Labute approximate surface area is 126 Å². The number of aromatic carboxylic acids is 1. The highest BCUT2D eigenvalue weighted by Crippen LogP contribution is 2.34. The van der Waals surface area contributed by atoms with Gasteiger partial charge in [-0.05, 0) is 46.3 Å². The second kappa shape index (κ2) is 5.91. The zero-order valence-corrected chi connectivity index (χ0v) is 13.0. The summed E-state index contributed by atoms with van der Waals surface area (Å²) in [7, 11) is 0. The van der Waals surface area contributed by atoms with Crippen LogP contribution in [-0.2, 0) is 0 Å². The monoisotopic (exact) mass is 386 g/mol. The Balaban J connectivity index is 2.40. The van der Waals surface area contributed by atoms with Gasteiger partial charge in [0, 0.05) is 18.7 Å². The maximum atomic E-state index is 11.2. The molecule has 1 N–H and O–H groups in total. The standard InChI is InChI=1S/C13H8Br2O2S/c14-8-3-1-4-9(7-8)18-11-6-2-5-10(15)12(11)13(16)17/h1-7H,(H,16,17). The van der Waals surface area contributed by atoms with Crippen LogP contribution in [-0.4, -0.2) is 11.1 Å². The third kappa shape index (κ3) is 3.16. The van der Waals surface area contributed by atoms with Crippen LogP contribution in [0.3, 0.4) is 0 Å². The molecule has 0 aliphatic carbocycles. The minimum Gasteiger partial charge on any atom is -0.478 e. The molecular formula is C13H8Br2O2S. The van der Waals surface area contributed by atoms with Crippen molar-refractivity contribution in [3.8, 4) is 0 Å². The fourth-order valence-corrected chi connectivity index (χ4v) is 3.70. The predicted molar refractivity (Wildman–Crippen MR) is 79.4 cm³/mol. The summed E-state index contributed by atoms with van der Waals surface area (Å²) in [4.78, 5) is 13.0. The van der Waals surface area contributed by atoms with Crippen molar-refractivity contribution in [3.63, 3.8) is 0 Å². The fraction of sp³-hybridized carbons (Fsp3) is 0. The fourth-order valence-electron chi connectivity index (χ4n) is 1.45. The molecule has 0 spiro atoms. The molecule has 0 aromatic heterocycles. The van der Waals surface area contributed by atoms with Crippen LogP contribution in [0, 0.1) is 0 Å². The van der Waals surface area contributed by atoms with E-state index in [2.05, 4.69) is 31.9 Å². The summed E-state index contributed by atoms with van der Waals surface area (Å²) < 4.78 is 1.56. The Hall–Kier alpha value is -0.780. The predicted octanol–water partition coefficient (Wildman–Crippen LogP) is 5.06. The second-order valence-electron chi connectivity index (χ2n) is 3.48.